The van der Waals surface area contributed by atoms with Gasteiger partial charge in [-0.15, -0.1) is 0 Å². The molecule has 2 aromatic rings. The lowest BCUT2D eigenvalue weighted by Crippen LogP contribution is -1.97. The Balaban J connectivity index is 1.99. The Bertz CT molecular complexity index is 534. The van der Waals surface area contributed by atoms with Gasteiger partial charge in [0, 0.05) is 13.0 Å². The van der Waals surface area contributed by atoms with Gasteiger partial charge in [-0.25, -0.2) is 4.98 Å². The van der Waals surface area contributed by atoms with Crippen LogP contribution < -0.4 is 4.74 Å². The van der Waals surface area contributed by atoms with Crippen molar-refractivity contribution in [3.63, 3.8) is 0 Å². The quantitative estimate of drug-likeness (QED) is 0.868. The molecule has 0 amide bonds. The van der Waals surface area contributed by atoms with E-state index in [2.05, 4.69) is 18.0 Å². The Morgan fingerprint density at radius 1 is 1.37 bits per heavy atom. The SMILES string of the molecule is CCc1cccc(OCc2nc(CCO)c(C)o2)c1. The Morgan fingerprint density at radius 2 is 2.21 bits per heavy atom. The number of rotatable bonds is 6. The number of benzene rings is 1. The molecule has 0 radical (unpaired) electrons. The number of ether oxygens (including phenoxy) is 1. The summed E-state index contributed by atoms with van der Waals surface area (Å²) in [5, 5.41) is 8.91. The first-order valence-corrected chi connectivity index (χ1v) is 6.50. The molecule has 0 unspecified atom stereocenters. The van der Waals surface area contributed by atoms with E-state index in [4.69, 9.17) is 14.3 Å². The maximum atomic E-state index is 8.91. The third kappa shape index (κ3) is 3.58. The summed E-state index contributed by atoms with van der Waals surface area (Å²) in [7, 11) is 0. The van der Waals surface area contributed by atoms with Gasteiger partial charge in [-0.05, 0) is 31.0 Å². The van der Waals surface area contributed by atoms with Crippen LogP contribution in [0.25, 0.3) is 0 Å². The first-order valence-electron chi connectivity index (χ1n) is 6.50. The predicted octanol–water partition coefficient (Wildman–Crippen LogP) is 2.66. The highest BCUT2D eigenvalue weighted by Crippen LogP contribution is 2.17. The molecule has 0 saturated heterocycles. The van der Waals surface area contributed by atoms with Crippen molar-refractivity contribution in [1.82, 2.24) is 4.98 Å². The molecule has 0 fully saturated rings. The lowest BCUT2D eigenvalue weighted by molar-refractivity contribution is 0.260. The Labute approximate surface area is 113 Å². The Kier molecular flexibility index (Phi) is 4.58. The van der Waals surface area contributed by atoms with Crippen LogP contribution in [0.15, 0.2) is 28.7 Å². The molecule has 0 saturated carbocycles. The van der Waals surface area contributed by atoms with Gasteiger partial charge in [0.25, 0.3) is 0 Å². The van der Waals surface area contributed by atoms with Gasteiger partial charge < -0.3 is 14.3 Å². The van der Waals surface area contributed by atoms with Crippen LogP contribution in [-0.2, 0) is 19.4 Å². The van der Waals surface area contributed by atoms with Crippen molar-refractivity contribution in [3.8, 4) is 5.75 Å². The number of aliphatic hydroxyl groups excluding tert-OH is 1. The summed E-state index contributed by atoms with van der Waals surface area (Å²) in [5.41, 5.74) is 2.03. The zero-order valence-corrected chi connectivity index (χ0v) is 11.3. The fourth-order valence-electron chi connectivity index (χ4n) is 1.89. The highest BCUT2D eigenvalue weighted by atomic mass is 16.5. The summed E-state index contributed by atoms with van der Waals surface area (Å²) in [6.07, 6.45) is 1.50. The molecule has 4 nitrogen and oxygen atoms in total. The number of aryl methyl sites for hydroxylation is 2. The number of oxazole rings is 1. The molecule has 19 heavy (non-hydrogen) atoms. The van der Waals surface area contributed by atoms with Crippen molar-refractivity contribution in [2.45, 2.75) is 33.3 Å². The van der Waals surface area contributed by atoms with Crippen LogP contribution in [0.4, 0.5) is 0 Å². The molecular formula is C15H19NO3. The monoisotopic (exact) mass is 261 g/mol. The van der Waals surface area contributed by atoms with Gasteiger partial charge in [0.15, 0.2) is 6.61 Å². The van der Waals surface area contributed by atoms with Gasteiger partial charge in [0.05, 0.1) is 5.69 Å². The van der Waals surface area contributed by atoms with E-state index in [-0.39, 0.29) is 6.61 Å². The fraction of sp³-hybridized carbons (Fsp3) is 0.400. The normalized spacial score (nSPS) is 10.7. The van der Waals surface area contributed by atoms with Crippen molar-refractivity contribution in [2.24, 2.45) is 0 Å². The average Bonchev–Trinajstić information content (AvgIpc) is 2.78. The number of hydrogen-bond acceptors (Lipinski definition) is 4. The second-order valence-electron chi connectivity index (χ2n) is 4.37. The Hall–Kier alpha value is -1.81. The predicted molar refractivity (Wildman–Crippen MR) is 72.2 cm³/mol. The summed E-state index contributed by atoms with van der Waals surface area (Å²) in [6, 6.07) is 7.99. The smallest absolute Gasteiger partial charge is 0.232 e. The van der Waals surface area contributed by atoms with E-state index in [9.17, 15) is 0 Å². The lowest BCUT2D eigenvalue weighted by atomic mass is 10.2. The molecule has 0 aliphatic heterocycles. The van der Waals surface area contributed by atoms with Crippen molar-refractivity contribution in [2.75, 3.05) is 6.61 Å². The molecule has 0 aliphatic carbocycles. The highest BCUT2D eigenvalue weighted by Gasteiger charge is 2.09. The largest absolute Gasteiger partial charge is 0.484 e. The number of hydrogen-bond donors (Lipinski definition) is 1. The fourth-order valence-corrected chi connectivity index (χ4v) is 1.89. The van der Waals surface area contributed by atoms with Gasteiger partial charge in [0.2, 0.25) is 5.89 Å². The first kappa shape index (κ1) is 13.6. The third-order valence-corrected chi connectivity index (χ3v) is 2.95. The maximum Gasteiger partial charge on any atom is 0.232 e. The van der Waals surface area contributed by atoms with Gasteiger partial charge in [-0.3, -0.25) is 0 Å². The van der Waals surface area contributed by atoms with E-state index in [1.807, 2.05) is 25.1 Å². The molecule has 1 aromatic heterocycles. The minimum atomic E-state index is 0.0756. The molecule has 1 heterocycles. The van der Waals surface area contributed by atoms with Crippen LogP contribution in [0.2, 0.25) is 0 Å². The Morgan fingerprint density at radius 3 is 2.95 bits per heavy atom. The molecule has 0 aliphatic rings. The van der Waals surface area contributed by atoms with Crippen molar-refractivity contribution >= 4 is 0 Å². The molecule has 2 rings (SSSR count). The van der Waals surface area contributed by atoms with Crippen LogP contribution in [0.1, 0.15) is 29.8 Å². The highest BCUT2D eigenvalue weighted by molar-refractivity contribution is 5.28. The average molecular weight is 261 g/mol. The van der Waals surface area contributed by atoms with E-state index in [1.165, 1.54) is 5.56 Å². The summed E-state index contributed by atoms with van der Waals surface area (Å²) in [6.45, 7) is 4.34. The summed E-state index contributed by atoms with van der Waals surface area (Å²) >= 11 is 0. The zero-order chi connectivity index (χ0) is 13.7. The van der Waals surface area contributed by atoms with E-state index < -0.39 is 0 Å². The summed E-state index contributed by atoms with van der Waals surface area (Å²) in [5.74, 6) is 2.11. The number of nitrogens with zero attached hydrogens (tertiary/aromatic N) is 1. The second kappa shape index (κ2) is 6.38. The van der Waals surface area contributed by atoms with Crippen molar-refractivity contribution in [3.05, 3.63) is 47.2 Å². The van der Waals surface area contributed by atoms with Gasteiger partial charge >= 0.3 is 0 Å². The molecule has 4 heteroatoms. The molecule has 0 spiro atoms. The van der Waals surface area contributed by atoms with Crippen LogP contribution in [-0.4, -0.2) is 16.7 Å². The first-order chi connectivity index (χ1) is 9.22. The van der Waals surface area contributed by atoms with Gasteiger partial charge in [0.1, 0.15) is 11.5 Å². The molecule has 1 N–H and O–H groups in total. The topological polar surface area (TPSA) is 55.5 Å². The van der Waals surface area contributed by atoms with E-state index in [0.29, 0.717) is 18.9 Å². The van der Waals surface area contributed by atoms with E-state index in [0.717, 1.165) is 23.6 Å². The maximum absolute atomic E-state index is 8.91. The minimum absolute atomic E-state index is 0.0756. The van der Waals surface area contributed by atoms with Crippen LogP contribution in [0.5, 0.6) is 5.75 Å². The van der Waals surface area contributed by atoms with Gasteiger partial charge in [-0.2, -0.15) is 0 Å². The van der Waals surface area contributed by atoms with Gasteiger partial charge in [-0.1, -0.05) is 19.1 Å². The van der Waals surface area contributed by atoms with Crippen LogP contribution in [0.3, 0.4) is 0 Å². The molecule has 0 bridgehead atoms. The molecular weight excluding hydrogens is 242 g/mol. The standard InChI is InChI=1S/C15H19NO3/c1-3-12-5-4-6-13(9-12)18-10-15-16-14(7-8-17)11(2)19-15/h4-6,9,17H,3,7-8,10H2,1-2H3. The second-order valence-corrected chi connectivity index (χ2v) is 4.37. The van der Waals surface area contributed by atoms with E-state index in [1.54, 1.807) is 0 Å². The minimum Gasteiger partial charge on any atom is -0.484 e. The third-order valence-electron chi connectivity index (χ3n) is 2.95. The molecule has 102 valence electrons. The molecule has 1 aromatic carbocycles. The van der Waals surface area contributed by atoms with Crippen molar-refractivity contribution < 1.29 is 14.3 Å². The number of aliphatic hydroxyl groups is 1. The van der Waals surface area contributed by atoms with E-state index >= 15 is 0 Å². The summed E-state index contributed by atoms with van der Waals surface area (Å²) < 4.78 is 11.2. The molecule has 0 atom stereocenters. The van der Waals surface area contributed by atoms with Crippen LogP contribution in [0, 0.1) is 6.92 Å². The summed E-state index contributed by atoms with van der Waals surface area (Å²) in [4.78, 5) is 4.31. The zero-order valence-electron chi connectivity index (χ0n) is 11.3. The lowest BCUT2D eigenvalue weighted by Gasteiger charge is -2.04. The van der Waals surface area contributed by atoms with Crippen LogP contribution >= 0.6 is 0 Å². The number of aromatic nitrogens is 1. The van der Waals surface area contributed by atoms with Crippen molar-refractivity contribution in [1.29, 1.82) is 0 Å².